The third kappa shape index (κ3) is 2.84. The average molecular weight is 272 g/mol. The number of nitrogen functional groups attached to an aromatic ring is 1. The van der Waals surface area contributed by atoms with Crippen LogP contribution in [-0.4, -0.2) is 39.9 Å². The Morgan fingerprint density at radius 3 is 3.12 bits per heavy atom. The Hall–Kier alpha value is -0.940. The SMILES string of the molecule is CC1CN(C(=O)c2nc(N)ccc2Cl)CCS1. The van der Waals surface area contributed by atoms with E-state index in [0.717, 1.165) is 18.8 Å². The van der Waals surface area contributed by atoms with E-state index in [1.54, 1.807) is 17.0 Å². The zero-order valence-corrected chi connectivity index (χ0v) is 11.1. The van der Waals surface area contributed by atoms with Gasteiger partial charge in [0.25, 0.3) is 5.91 Å². The number of rotatable bonds is 1. The number of carbonyl (C=O) groups is 1. The number of thioether (sulfide) groups is 1. The molecular weight excluding hydrogens is 258 g/mol. The molecule has 6 heteroatoms. The van der Waals surface area contributed by atoms with E-state index in [1.807, 2.05) is 11.8 Å². The first-order chi connectivity index (χ1) is 8.08. The van der Waals surface area contributed by atoms with Gasteiger partial charge in [0.2, 0.25) is 0 Å². The normalized spacial score (nSPS) is 20.4. The van der Waals surface area contributed by atoms with Crippen LogP contribution in [0.3, 0.4) is 0 Å². The number of aromatic nitrogens is 1. The first-order valence-corrected chi connectivity index (χ1v) is 6.83. The molecule has 0 aromatic carbocycles. The molecule has 0 spiro atoms. The number of nitrogens with zero attached hydrogens (tertiary/aromatic N) is 2. The molecule has 0 saturated carbocycles. The van der Waals surface area contributed by atoms with E-state index in [0.29, 0.717) is 16.1 Å². The van der Waals surface area contributed by atoms with Crippen LogP contribution < -0.4 is 5.73 Å². The molecule has 2 N–H and O–H groups in total. The van der Waals surface area contributed by atoms with Crippen LogP contribution in [0.4, 0.5) is 5.82 Å². The molecule has 92 valence electrons. The smallest absolute Gasteiger partial charge is 0.274 e. The van der Waals surface area contributed by atoms with Crippen LogP contribution in [0.5, 0.6) is 0 Å². The van der Waals surface area contributed by atoms with Crippen molar-refractivity contribution in [3.63, 3.8) is 0 Å². The van der Waals surface area contributed by atoms with Gasteiger partial charge in [-0.1, -0.05) is 18.5 Å². The van der Waals surface area contributed by atoms with Crippen LogP contribution in [0.15, 0.2) is 12.1 Å². The van der Waals surface area contributed by atoms with Gasteiger partial charge in [0, 0.05) is 24.1 Å². The van der Waals surface area contributed by atoms with Crippen molar-refractivity contribution in [1.82, 2.24) is 9.88 Å². The maximum absolute atomic E-state index is 12.2. The second kappa shape index (κ2) is 5.14. The number of nitrogens with two attached hydrogens (primary N) is 1. The summed E-state index contributed by atoms with van der Waals surface area (Å²) >= 11 is 7.85. The van der Waals surface area contributed by atoms with Gasteiger partial charge in [-0.05, 0) is 12.1 Å². The minimum atomic E-state index is -0.130. The number of hydrogen-bond acceptors (Lipinski definition) is 4. The Balaban J connectivity index is 2.21. The maximum Gasteiger partial charge on any atom is 0.274 e. The standard InChI is InChI=1S/C11H14ClN3OS/c1-7-6-15(4-5-17-7)11(16)10-8(12)2-3-9(13)14-10/h2-3,7H,4-6H2,1H3,(H2,13,14). The Morgan fingerprint density at radius 1 is 1.65 bits per heavy atom. The summed E-state index contributed by atoms with van der Waals surface area (Å²) in [6.45, 7) is 3.58. The molecular formula is C11H14ClN3OS. The quantitative estimate of drug-likeness (QED) is 0.847. The lowest BCUT2D eigenvalue weighted by molar-refractivity contribution is 0.0757. The molecule has 1 aromatic heterocycles. The molecule has 1 aliphatic rings. The zero-order chi connectivity index (χ0) is 12.4. The van der Waals surface area contributed by atoms with Gasteiger partial charge < -0.3 is 10.6 Å². The number of amides is 1. The fourth-order valence-corrected chi connectivity index (χ4v) is 2.96. The fraction of sp³-hybridized carbons (Fsp3) is 0.455. The van der Waals surface area contributed by atoms with Crippen molar-refractivity contribution in [2.24, 2.45) is 0 Å². The number of pyridine rings is 1. The molecule has 0 bridgehead atoms. The molecule has 1 unspecified atom stereocenters. The number of anilines is 1. The van der Waals surface area contributed by atoms with Crippen LogP contribution in [-0.2, 0) is 0 Å². The molecule has 2 rings (SSSR count). The van der Waals surface area contributed by atoms with Crippen LogP contribution in [0.2, 0.25) is 5.02 Å². The summed E-state index contributed by atoms with van der Waals surface area (Å²) in [6, 6.07) is 3.20. The van der Waals surface area contributed by atoms with Gasteiger partial charge in [-0.2, -0.15) is 11.8 Å². The van der Waals surface area contributed by atoms with E-state index < -0.39 is 0 Å². The molecule has 1 amide bonds. The van der Waals surface area contributed by atoms with Gasteiger partial charge in [0.05, 0.1) is 5.02 Å². The predicted octanol–water partition coefficient (Wildman–Crippen LogP) is 1.89. The summed E-state index contributed by atoms with van der Waals surface area (Å²) in [5.41, 5.74) is 5.83. The van der Waals surface area contributed by atoms with Crippen molar-refractivity contribution < 1.29 is 4.79 Å². The highest BCUT2D eigenvalue weighted by Crippen LogP contribution is 2.22. The van der Waals surface area contributed by atoms with E-state index in [9.17, 15) is 4.79 Å². The first kappa shape index (κ1) is 12.5. The van der Waals surface area contributed by atoms with Crippen molar-refractivity contribution >= 4 is 35.1 Å². The molecule has 0 aliphatic carbocycles. The van der Waals surface area contributed by atoms with Crippen LogP contribution in [0, 0.1) is 0 Å². The minimum absolute atomic E-state index is 0.130. The molecule has 4 nitrogen and oxygen atoms in total. The molecule has 2 heterocycles. The molecule has 1 fully saturated rings. The van der Waals surface area contributed by atoms with Gasteiger partial charge in [-0.25, -0.2) is 4.98 Å². The summed E-state index contributed by atoms with van der Waals surface area (Å²) in [7, 11) is 0. The van der Waals surface area contributed by atoms with Crippen LogP contribution >= 0.6 is 23.4 Å². The van der Waals surface area contributed by atoms with E-state index >= 15 is 0 Å². The van der Waals surface area contributed by atoms with Gasteiger partial charge >= 0.3 is 0 Å². The van der Waals surface area contributed by atoms with Crippen molar-refractivity contribution in [2.75, 3.05) is 24.6 Å². The van der Waals surface area contributed by atoms with Crippen molar-refractivity contribution in [3.8, 4) is 0 Å². The molecule has 0 radical (unpaired) electrons. The number of carbonyl (C=O) groups excluding carboxylic acids is 1. The van der Waals surface area contributed by atoms with Crippen molar-refractivity contribution in [1.29, 1.82) is 0 Å². The van der Waals surface area contributed by atoms with Gasteiger partial charge in [0.1, 0.15) is 11.5 Å². The third-order valence-electron chi connectivity index (χ3n) is 2.60. The zero-order valence-electron chi connectivity index (χ0n) is 9.52. The van der Waals surface area contributed by atoms with Crippen LogP contribution in [0.1, 0.15) is 17.4 Å². The maximum atomic E-state index is 12.2. The second-order valence-electron chi connectivity index (χ2n) is 4.00. The lowest BCUT2D eigenvalue weighted by atomic mass is 10.3. The highest BCUT2D eigenvalue weighted by molar-refractivity contribution is 7.99. The van der Waals surface area contributed by atoms with E-state index in [-0.39, 0.29) is 11.6 Å². The summed E-state index contributed by atoms with van der Waals surface area (Å²) in [5.74, 6) is 1.14. The molecule has 1 atom stereocenters. The summed E-state index contributed by atoms with van der Waals surface area (Å²) in [6.07, 6.45) is 0. The Morgan fingerprint density at radius 2 is 2.41 bits per heavy atom. The summed E-state index contributed by atoms with van der Waals surface area (Å²) in [4.78, 5) is 18.0. The molecule has 1 saturated heterocycles. The minimum Gasteiger partial charge on any atom is -0.384 e. The number of hydrogen-bond donors (Lipinski definition) is 1. The van der Waals surface area contributed by atoms with Crippen molar-refractivity contribution in [3.05, 3.63) is 22.8 Å². The van der Waals surface area contributed by atoms with E-state index in [4.69, 9.17) is 17.3 Å². The highest BCUT2D eigenvalue weighted by atomic mass is 35.5. The highest BCUT2D eigenvalue weighted by Gasteiger charge is 2.24. The van der Waals surface area contributed by atoms with Crippen molar-refractivity contribution in [2.45, 2.75) is 12.2 Å². The lowest BCUT2D eigenvalue weighted by Crippen LogP contribution is -2.41. The molecule has 17 heavy (non-hydrogen) atoms. The summed E-state index contributed by atoms with van der Waals surface area (Å²) < 4.78 is 0. The number of halogens is 1. The third-order valence-corrected chi connectivity index (χ3v) is 4.04. The van der Waals surface area contributed by atoms with Gasteiger partial charge in [-0.3, -0.25) is 4.79 Å². The van der Waals surface area contributed by atoms with E-state index in [2.05, 4.69) is 11.9 Å². The fourth-order valence-electron chi connectivity index (χ4n) is 1.76. The average Bonchev–Trinajstić information content (AvgIpc) is 2.31. The monoisotopic (exact) mass is 271 g/mol. The van der Waals surface area contributed by atoms with Crippen LogP contribution in [0.25, 0.3) is 0 Å². The Labute approximate surface area is 110 Å². The van der Waals surface area contributed by atoms with Gasteiger partial charge in [0.15, 0.2) is 0 Å². The first-order valence-electron chi connectivity index (χ1n) is 5.41. The predicted molar refractivity (Wildman–Crippen MR) is 71.5 cm³/mol. The van der Waals surface area contributed by atoms with Gasteiger partial charge in [-0.15, -0.1) is 0 Å². The second-order valence-corrected chi connectivity index (χ2v) is 5.95. The largest absolute Gasteiger partial charge is 0.384 e. The Bertz CT molecular complexity index is 441. The van der Waals surface area contributed by atoms with E-state index in [1.165, 1.54) is 0 Å². The topological polar surface area (TPSA) is 59.2 Å². The Kier molecular flexibility index (Phi) is 3.79. The summed E-state index contributed by atoms with van der Waals surface area (Å²) in [5, 5.41) is 0.808. The lowest BCUT2D eigenvalue weighted by Gasteiger charge is -2.30. The molecule has 1 aromatic rings. The molecule has 1 aliphatic heterocycles.